The maximum atomic E-state index is 12.3. The van der Waals surface area contributed by atoms with E-state index in [2.05, 4.69) is 20.3 Å². The zero-order valence-corrected chi connectivity index (χ0v) is 19.5. The third-order valence-corrected chi connectivity index (χ3v) is 6.53. The van der Waals surface area contributed by atoms with Gasteiger partial charge in [-0.15, -0.1) is 23.1 Å². The monoisotopic (exact) mass is 478 g/mol. The molecule has 2 aromatic carbocycles. The van der Waals surface area contributed by atoms with Gasteiger partial charge in [0.15, 0.2) is 5.13 Å². The highest BCUT2D eigenvalue weighted by molar-refractivity contribution is 8.00. The van der Waals surface area contributed by atoms with Crippen molar-refractivity contribution in [3.63, 3.8) is 0 Å². The van der Waals surface area contributed by atoms with Gasteiger partial charge in [-0.25, -0.2) is 9.97 Å². The molecule has 0 atom stereocenters. The van der Waals surface area contributed by atoms with Crippen LogP contribution in [-0.4, -0.2) is 27.8 Å². The van der Waals surface area contributed by atoms with Gasteiger partial charge in [0, 0.05) is 33.8 Å². The summed E-state index contributed by atoms with van der Waals surface area (Å²) in [6.07, 6.45) is 3.32. The SMILES string of the molecule is Cc1ccc(-c2csc(NC(=O)CSc3ccc(N=Cc4cccnc4Cl)cc3)n2)cc1. The summed E-state index contributed by atoms with van der Waals surface area (Å²) in [6.45, 7) is 2.05. The van der Waals surface area contributed by atoms with Crippen LogP contribution in [-0.2, 0) is 4.79 Å². The number of hydrogen-bond donors (Lipinski definition) is 1. The second-order valence-electron chi connectivity index (χ2n) is 6.88. The van der Waals surface area contributed by atoms with Gasteiger partial charge in [-0.2, -0.15) is 0 Å². The average Bonchev–Trinajstić information content (AvgIpc) is 3.27. The molecule has 4 rings (SSSR count). The van der Waals surface area contributed by atoms with E-state index in [9.17, 15) is 4.79 Å². The Bertz CT molecular complexity index is 1240. The Kier molecular flexibility index (Phi) is 7.32. The fourth-order valence-electron chi connectivity index (χ4n) is 2.76. The number of nitrogens with zero attached hydrogens (tertiary/aromatic N) is 3. The van der Waals surface area contributed by atoms with E-state index in [1.165, 1.54) is 28.7 Å². The number of halogens is 1. The maximum Gasteiger partial charge on any atom is 0.236 e. The molecule has 0 saturated heterocycles. The summed E-state index contributed by atoms with van der Waals surface area (Å²) in [6, 6.07) is 19.5. The number of aliphatic imine (C=N–C) groups is 1. The number of amides is 1. The van der Waals surface area contributed by atoms with E-state index in [0.29, 0.717) is 16.0 Å². The standard InChI is InChI=1S/C24H19ClN4OS2/c1-16-4-6-17(7-5-16)21-14-32-24(28-21)29-22(30)15-31-20-10-8-19(9-11-20)27-13-18-3-2-12-26-23(18)25/h2-14H,15H2,1H3,(H,28,29,30). The molecule has 0 radical (unpaired) electrons. The molecule has 2 heterocycles. The molecule has 0 aliphatic rings. The topological polar surface area (TPSA) is 67.2 Å². The first-order valence-corrected chi connectivity index (χ1v) is 12.0. The van der Waals surface area contributed by atoms with Crippen LogP contribution in [0.25, 0.3) is 11.3 Å². The minimum absolute atomic E-state index is 0.0897. The van der Waals surface area contributed by atoms with Crippen LogP contribution < -0.4 is 5.32 Å². The molecular weight excluding hydrogens is 460 g/mol. The lowest BCUT2D eigenvalue weighted by atomic mass is 10.1. The van der Waals surface area contributed by atoms with E-state index in [0.717, 1.165) is 27.4 Å². The second-order valence-corrected chi connectivity index (χ2v) is 9.14. The van der Waals surface area contributed by atoms with Crippen molar-refractivity contribution in [1.29, 1.82) is 0 Å². The Morgan fingerprint density at radius 3 is 2.69 bits per heavy atom. The van der Waals surface area contributed by atoms with E-state index >= 15 is 0 Å². The molecule has 0 fully saturated rings. The summed E-state index contributed by atoms with van der Waals surface area (Å²) in [5.74, 6) is 0.209. The van der Waals surface area contributed by atoms with E-state index in [4.69, 9.17) is 11.6 Å². The smallest absolute Gasteiger partial charge is 0.236 e. The number of carbonyl (C=O) groups is 1. The lowest BCUT2D eigenvalue weighted by Gasteiger charge is -2.03. The number of carbonyl (C=O) groups excluding carboxylic acids is 1. The molecule has 32 heavy (non-hydrogen) atoms. The first-order chi connectivity index (χ1) is 15.6. The van der Waals surface area contributed by atoms with Crippen molar-refractivity contribution in [1.82, 2.24) is 9.97 Å². The summed E-state index contributed by atoms with van der Waals surface area (Å²) in [5.41, 5.74) is 4.66. The van der Waals surface area contributed by atoms with Gasteiger partial charge in [-0.05, 0) is 43.3 Å². The Balaban J connectivity index is 1.29. The van der Waals surface area contributed by atoms with E-state index in [-0.39, 0.29) is 5.91 Å². The minimum Gasteiger partial charge on any atom is -0.301 e. The predicted octanol–water partition coefficient (Wildman–Crippen LogP) is 6.65. The molecule has 2 aromatic heterocycles. The first kappa shape index (κ1) is 22.2. The third kappa shape index (κ3) is 6.03. The van der Waals surface area contributed by atoms with Crippen molar-refractivity contribution in [3.8, 4) is 11.3 Å². The lowest BCUT2D eigenvalue weighted by Crippen LogP contribution is -2.13. The van der Waals surface area contributed by atoms with Gasteiger partial charge >= 0.3 is 0 Å². The van der Waals surface area contributed by atoms with Crippen molar-refractivity contribution in [2.24, 2.45) is 4.99 Å². The van der Waals surface area contributed by atoms with Gasteiger partial charge < -0.3 is 5.32 Å². The van der Waals surface area contributed by atoms with Crippen LogP contribution in [0.15, 0.2) is 82.1 Å². The van der Waals surface area contributed by atoms with E-state index < -0.39 is 0 Å². The summed E-state index contributed by atoms with van der Waals surface area (Å²) in [5, 5.41) is 5.84. The van der Waals surface area contributed by atoms with Crippen molar-refractivity contribution >= 4 is 57.6 Å². The van der Waals surface area contributed by atoms with Crippen molar-refractivity contribution in [2.45, 2.75) is 11.8 Å². The van der Waals surface area contributed by atoms with E-state index in [1.54, 1.807) is 12.4 Å². The molecule has 1 amide bonds. The zero-order chi connectivity index (χ0) is 22.3. The minimum atomic E-state index is -0.0897. The number of aryl methyl sites for hydroxylation is 1. The lowest BCUT2D eigenvalue weighted by molar-refractivity contribution is -0.113. The maximum absolute atomic E-state index is 12.3. The van der Waals surface area contributed by atoms with Crippen LogP contribution in [0.1, 0.15) is 11.1 Å². The summed E-state index contributed by atoms with van der Waals surface area (Å²) >= 11 is 8.92. The molecule has 0 saturated carbocycles. The first-order valence-electron chi connectivity index (χ1n) is 9.77. The summed E-state index contributed by atoms with van der Waals surface area (Å²) < 4.78 is 0. The normalized spacial score (nSPS) is 11.1. The molecule has 0 unspecified atom stereocenters. The predicted molar refractivity (Wildman–Crippen MR) is 135 cm³/mol. The van der Waals surface area contributed by atoms with E-state index in [1.807, 2.05) is 73.0 Å². The Labute approximate surface area is 199 Å². The molecule has 0 aliphatic carbocycles. The van der Waals surface area contributed by atoms with Crippen LogP contribution in [0.3, 0.4) is 0 Å². The zero-order valence-electron chi connectivity index (χ0n) is 17.2. The molecule has 0 aliphatic heterocycles. The number of anilines is 1. The number of thioether (sulfide) groups is 1. The molecule has 5 nitrogen and oxygen atoms in total. The number of thiazole rings is 1. The Morgan fingerprint density at radius 2 is 1.94 bits per heavy atom. The number of hydrogen-bond acceptors (Lipinski definition) is 6. The Hall–Kier alpha value is -3.00. The molecule has 4 aromatic rings. The number of pyridine rings is 1. The largest absolute Gasteiger partial charge is 0.301 e. The highest BCUT2D eigenvalue weighted by Gasteiger charge is 2.09. The highest BCUT2D eigenvalue weighted by Crippen LogP contribution is 2.26. The third-order valence-electron chi connectivity index (χ3n) is 4.45. The van der Waals surface area contributed by atoms with Gasteiger partial charge in [0.25, 0.3) is 0 Å². The number of nitrogens with one attached hydrogen (secondary N) is 1. The van der Waals surface area contributed by atoms with Crippen LogP contribution in [0, 0.1) is 6.92 Å². The van der Waals surface area contributed by atoms with Gasteiger partial charge in [-0.3, -0.25) is 9.79 Å². The van der Waals surface area contributed by atoms with Gasteiger partial charge in [0.1, 0.15) is 5.15 Å². The average molecular weight is 479 g/mol. The number of aromatic nitrogens is 2. The van der Waals surface area contributed by atoms with Crippen LogP contribution in [0.4, 0.5) is 10.8 Å². The van der Waals surface area contributed by atoms with Crippen molar-refractivity contribution < 1.29 is 4.79 Å². The second kappa shape index (κ2) is 10.5. The van der Waals surface area contributed by atoms with Crippen LogP contribution in [0.2, 0.25) is 5.15 Å². The molecular formula is C24H19ClN4OS2. The molecule has 1 N–H and O–H groups in total. The fourth-order valence-corrected chi connectivity index (χ4v) is 4.36. The molecule has 160 valence electrons. The van der Waals surface area contributed by atoms with Gasteiger partial charge in [0.2, 0.25) is 5.91 Å². The highest BCUT2D eigenvalue weighted by atomic mass is 35.5. The summed E-state index contributed by atoms with van der Waals surface area (Å²) in [7, 11) is 0. The van der Waals surface area contributed by atoms with Crippen LogP contribution >= 0.6 is 34.7 Å². The van der Waals surface area contributed by atoms with Gasteiger partial charge in [-0.1, -0.05) is 41.4 Å². The van der Waals surface area contributed by atoms with Crippen LogP contribution in [0.5, 0.6) is 0 Å². The van der Waals surface area contributed by atoms with Gasteiger partial charge in [0.05, 0.1) is 17.1 Å². The molecule has 0 spiro atoms. The molecule has 0 bridgehead atoms. The summed E-state index contributed by atoms with van der Waals surface area (Å²) in [4.78, 5) is 26.3. The van der Waals surface area contributed by atoms with Crippen molar-refractivity contribution in [2.75, 3.05) is 11.1 Å². The number of rotatable bonds is 7. The fraction of sp³-hybridized carbons (Fsp3) is 0.0833. The number of benzene rings is 2. The van der Waals surface area contributed by atoms with Crippen molar-refractivity contribution in [3.05, 3.63) is 88.5 Å². The molecule has 8 heteroatoms. The quantitative estimate of drug-likeness (QED) is 0.183. The Morgan fingerprint density at radius 1 is 1.16 bits per heavy atom.